The van der Waals surface area contributed by atoms with E-state index in [1.54, 1.807) is 0 Å². The summed E-state index contributed by atoms with van der Waals surface area (Å²) in [6.45, 7) is 11.1. The standard InChI is InChI=1S/2C9H17N2/c2*1-4-5-6-11-8-7-10(3)9(11)2/h2*7-8H,4-6H2,1-3H3/q2*+1. The number of aromatic nitrogens is 4. The number of imidazole rings is 2. The number of nitrogens with zero attached hydrogens (tertiary/aromatic N) is 4. The molecule has 0 amide bonds. The van der Waals surface area contributed by atoms with Gasteiger partial charge in [-0.05, 0) is 12.8 Å². The zero-order valence-corrected chi connectivity index (χ0v) is 15.3. The van der Waals surface area contributed by atoms with E-state index in [-0.39, 0.29) is 0 Å². The summed E-state index contributed by atoms with van der Waals surface area (Å²) >= 11 is 0. The second-order valence-electron chi connectivity index (χ2n) is 6.01. The summed E-state index contributed by atoms with van der Waals surface area (Å²) in [5, 5.41) is 0. The molecule has 124 valence electrons. The molecule has 0 atom stereocenters. The van der Waals surface area contributed by atoms with E-state index < -0.39 is 0 Å². The SMILES string of the molecule is CCCCn1cc[n+](C)c1C.CCCCn1cc[n+](C)c1C. The largest absolute Gasteiger partial charge is 0.253 e. The fourth-order valence-electron chi connectivity index (χ4n) is 2.33. The van der Waals surface area contributed by atoms with Crippen LogP contribution in [0.2, 0.25) is 0 Å². The van der Waals surface area contributed by atoms with Crippen LogP contribution >= 0.6 is 0 Å². The van der Waals surface area contributed by atoms with Crippen LogP contribution in [0.4, 0.5) is 0 Å². The number of rotatable bonds is 6. The van der Waals surface area contributed by atoms with E-state index in [4.69, 9.17) is 0 Å². The first-order valence-corrected chi connectivity index (χ1v) is 8.53. The highest BCUT2D eigenvalue weighted by molar-refractivity contribution is 4.79. The zero-order valence-electron chi connectivity index (χ0n) is 15.3. The first-order valence-electron chi connectivity index (χ1n) is 8.53. The smallest absolute Gasteiger partial charge is 0.237 e. The maximum Gasteiger partial charge on any atom is 0.253 e. The van der Waals surface area contributed by atoms with Gasteiger partial charge in [-0.15, -0.1) is 0 Å². The number of aryl methyl sites for hydroxylation is 4. The number of unbranched alkanes of at least 4 members (excludes halogenated alkanes) is 2. The molecular formula is C18H34N4+2. The minimum Gasteiger partial charge on any atom is -0.237 e. The van der Waals surface area contributed by atoms with E-state index in [0.29, 0.717) is 0 Å². The van der Waals surface area contributed by atoms with E-state index >= 15 is 0 Å². The molecule has 2 rings (SSSR count). The van der Waals surface area contributed by atoms with Crippen LogP contribution in [0.15, 0.2) is 24.8 Å². The molecular weight excluding hydrogens is 272 g/mol. The highest BCUT2D eigenvalue weighted by Gasteiger charge is 2.07. The predicted molar refractivity (Wildman–Crippen MR) is 90.5 cm³/mol. The fraction of sp³-hybridized carbons (Fsp3) is 0.667. The van der Waals surface area contributed by atoms with Gasteiger partial charge in [0.2, 0.25) is 0 Å². The van der Waals surface area contributed by atoms with Crippen LogP contribution in [0.5, 0.6) is 0 Å². The Morgan fingerprint density at radius 3 is 1.36 bits per heavy atom. The summed E-state index contributed by atoms with van der Waals surface area (Å²) < 4.78 is 8.89. The lowest BCUT2D eigenvalue weighted by atomic mass is 10.3. The van der Waals surface area contributed by atoms with E-state index in [1.807, 2.05) is 0 Å². The van der Waals surface area contributed by atoms with Gasteiger partial charge in [-0.2, -0.15) is 0 Å². The lowest BCUT2D eigenvalue weighted by Gasteiger charge is -1.95. The molecule has 0 aliphatic carbocycles. The molecule has 2 aromatic rings. The molecule has 22 heavy (non-hydrogen) atoms. The van der Waals surface area contributed by atoms with Crippen LogP contribution in [0, 0.1) is 13.8 Å². The molecule has 0 aromatic carbocycles. The molecule has 0 N–H and O–H groups in total. The Kier molecular flexibility index (Phi) is 7.92. The lowest BCUT2D eigenvalue weighted by molar-refractivity contribution is -0.677. The Morgan fingerprint density at radius 1 is 0.773 bits per heavy atom. The van der Waals surface area contributed by atoms with Crippen molar-refractivity contribution < 1.29 is 9.13 Å². The van der Waals surface area contributed by atoms with Crippen LogP contribution < -0.4 is 9.13 Å². The average Bonchev–Trinajstić information content (AvgIpc) is 3.00. The normalized spacial score (nSPS) is 10.5. The molecule has 0 fully saturated rings. The van der Waals surface area contributed by atoms with Gasteiger partial charge in [-0.25, -0.2) is 18.3 Å². The third-order valence-corrected chi connectivity index (χ3v) is 4.30. The Labute approximate surface area is 136 Å². The Balaban J connectivity index is 0.000000220. The molecule has 2 heterocycles. The minimum atomic E-state index is 1.16. The van der Waals surface area contributed by atoms with Crippen molar-refractivity contribution in [3.63, 3.8) is 0 Å². The molecule has 0 saturated heterocycles. The van der Waals surface area contributed by atoms with Crippen molar-refractivity contribution in [1.82, 2.24) is 9.13 Å². The van der Waals surface area contributed by atoms with Crippen LogP contribution in [0.3, 0.4) is 0 Å². The Bertz CT molecular complexity index is 501. The van der Waals surface area contributed by atoms with E-state index in [1.165, 1.54) is 37.3 Å². The highest BCUT2D eigenvalue weighted by Crippen LogP contribution is 1.97. The second-order valence-corrected chi connectivity index (χ2v) is 6.01. The van der Waals surface area contributed by atoms with Crippen LogP contribution in [0.25, 0.3) is 0 Å². The third-order valence-electron chi connectivity index (χ3n) is 4.30. The van der Waals surface area contributed by atoms with Crippen molar-refractivity contribution in [2.75, 3.05) is 0 Å². The van der Waals surface area contributed by atoms with Gasteiger partial charge < -0.3 is 0 Å². The second kappa shape index (κ2) is 9.44. The maximum atomic E-state index is 2.30. The van der Waals surface area contributed by atoms with Crippen molar-refractivity contribution in [1.29, 1.82) is 0 Å². The monoisotopic (exact) mass is 306 g/mol. The lowest BCUT2D eigenvalue weighted by Crippen LogP contribution is -2.29. The topological polar surface area (TPSA) is 17.6 Å². The fourth-order valence-corrected chi connectivity index (χ4v) is 2.33. The van der Waals surface area contributed by atoms with Crippen molar-refractivity contribution >= 4 is 0 Å². The molecule has 0 saturated carbocycles. The Hall–Kier alpha value is -1.58. The molecule has 0 aliphatic rings. The van der Waals surface area contributed by atoms with Crippen molar-refractivity contribution in [3.8, 4) is 0 Å². The van der Waals surface area contributed by atoms with Crippen LogP contribution in [-0.4, -0.2) is 9.13 Å². The van der Waals surface area contributed by atoms with Gasteiger partial charge in [-0.1, -0.05) is 26.7 Å². The minimum absolute atomic E-state index is 1.16. The molecule has 0 aliphatic heterocycles. The summed E-state index contributed by atoms with van der Waals surface area (Å²) in [6.07, 6.45) is 13.6. The van der Waals surface area contributed by atoms with Crippen molar-refractivity contribution in [2.24, 2.45) is 14.1 Å². The van der Waals surface area contributed by atoms with E-state index in [2.05, 4.69) is 84.8 Å². The van der Waals surface area contributed by atoms with Gasteiger partial charge >= 0.3 is 0 Å². The van der Waals surface area contributed by atoms with Gasteiger partial charge in [0.25, 0.3) is 11.6 Å². The Morgan fingerprint density at radius 2 is 1.14 bits per heavy atom. The predicted octanol–water partition coefficient (Wildman–Crippen LogP) is 2.84. The van der Waals surface area contributed by atoms with Gasteiger partial charge in [-0.3, -0.25) is 0 Å². The van der Waals surface area contributed by atoms with Crippen LogP contribution in [-0.2, 0) is 27.2 Å². The van der Waals surface area contributed by atoms with Crippen LogP contribution in [0.1, 0.15) is 51.2 Å². The number of hydrogen-bond acceptors (Lipinski definition) is 0. The van der Waals surface area contributed by atoms with Crippen molar-refractivity contribution in [2.45, 2.75) is 66.5 Å². The molecule has 0 unspecified atom stereocenters. The van der Waals surface area contributed by atoms with E-state index in [9.17, 15) is 0 Å². The molecule has 2 aromatic heterocycles. The maximum absolute atomic E-state index is 2.30. The molecule has 4 heteroatoms. The molecule has 0 radical (unpaired) electrons. The quantitative estimate of drug-likeness (QED) is 0.731. The average molecular weight is 306 g/mol. The summed E-state index contributed by atoms with van der Waals surface area (Å²) in [4.78, 5) is 0. The first-order chi connectivity index (χ1) is 10.5. The van der Waals surface area contributed by atoms with Gasteiger partial charge in [0.15, 0.2) is 0 Å². The zero-order chi connectivity index (χ0) is 16.5. The molecule has 0 spiro atoms. The molecule has 0 bridgehead atoms. The van der Waals surface area contributed by atoms with Gasteiger partial charge in [0.1, 0.15) is 24.8 Å². The van der Waals surface area contributed by atoms with Gasteiger partial charge in [0.05, 0.1) is 27.2 Å². The number of hydrogen-bond donors (Lipinski definition) is 0. The van der Waals surface area contributed by atoms with Gasteiger partial charge in [0, 0.05) is 13.8 Å². The summed E-state index contributed by atoms with van der Waals surface area (Å²) in [5.74, 6) is 2.66. The summed E-state index contributed by atoms with van der Waals surface area (Å²) in [6, 6.07) is 0. The molecule has 4 nitrogen and oxygen atoms in total. The van der Waals surface area contributed by atoms with E-state index in [0.717, 1.165) is 13.1 Å². The third kappa shape index (κ3) is 5.32. The highest BCUT2D eigenvalue weighted by atomic mass is 15.1. The summed E-state index contributed by atoms with van der Waals surface area (Å²) in [7, 11) is 4.16. The van der Waals surface area contributed by atoms with Crippen molar-refractivity contribution in [3.05, 3.63) is 36.4 Å². The first kappa shape index (κ1) is 18.5. The summed E-state index contributed by atoms with van der Waals surface area (Å²) in [5.41, 5.74) is 0.